The summed E-state index contributed by atoms with van der Waals surface area (Å²) in [6.07, 6.45) is 0. The second-order valence-electron chi connectivity index (χ2n) is 5.65. The lowest BCUT2D eigenvalue weighted by atomic mass is 10.2. The molecule has 3 N–H and O–H groups in total. The summed E-state index contributed by atoms with van der Waals surface area (Å²) in [5.74, 6) is 2.17. The second-order valence-corrected chi connectivity index (χ2v) is 5.65. The average Bonchev–Trinajstić information content (AvgIpc) is 2.73. The minimum atomic E-state index is -0.404. The van der Waals surface area contributed by atoms with E-state index in [0.29, 0.717) is 37.9 Å². The molecule has 2 aromatic rings. The number of ether oxygens (including phenoxy) is 2. The Morgan fingerprint density at radius 3 is 2.34 bits per heavy atom. The summed E-state index contributed by atoms with van der Waals surface area (Å²) in [5.41, 5.74) is 0.547. The smallest absolute Gasteiger partial charge is 0.292 e. The molecule has 0 bridgehead atoms. The number of hydrogen-bond donors (Lipinski definition) is 3. The number of nitro groups is 1. The Bertz CT molecular complexity index is 786. The van der Waals surface area contributed by atoms with Gasteiger partial charge in [-0.15, -0.1) is 24.0 Å². The van der Waals surface area contributed by atoms with Crippen molar-refractivity contribution in [3.63, 3.8) is 0 Å². The van der Waals surface area contributed by atoms with Crippen LogP contribution in [0.4, 0.5) is 11.4 Å². The predicted molar refractivity (Wildman–Crippen MR) is 125 cm³/mol. The number of aliphatic imine (C=N–C) groups is 1. The third-order valence-electron chi connectivity index (χ3n) is 3.78. The number of rotatable bonds is 10. The van der Waals surface area contributed by atoms with Gasteiger partial charge in [0.15, 0.2) is 5.96 Å². The number of benzene rings is 2. The van der Waals surface area contributed by atoms with Crippen molar-refractivity contribution in [2.24, 2.45) is 4.99 Å². The average molecular weight is 515 g/mol. The maximum atomic E-state index is 11.0. The highest BCUT2D eigenvalue weighted by Gasteiger charge is 2.11. The topological polar surface area (TPSA) is 110 Å². The van der Waals surface area contributed by atoms with E-state index in [9.17, 15) is 10.1 Å². The molecule has 0 aromatic heterocycles. The molecule has 9 nitrogen and oxygen atoms in total. The van der Waals surface area contributed by atoms with Crippen LogP contribution in [0.25, 0.3) is 0 Å². The molecule has 0 spiro atoms. The predicted octanol–water partition coefficient (Wildman–Crippen LogP) is 2.88. The zero-order valence-corrected chi connectivity index (χ0v) is 18.7. The molecule has 2 aromatic carbocycles. The first-order valence-corrected chi connectivity index (χ1v) is 8.82. The Kier molecular flexibility index (Phi) is 11.2. The van der Waals surface area contributed by atoms with Gasteiger partial charge in [-0.3, -0.25) is 15.1 Å². The molecule has 0 aliphatic rings. The van der Waals surface area contributed by atoms with E-state index in [2.05, 4.69) is 20.9 Å². The Hall–Kier alpha value is -2.76. The molecule has 0 atom stereocenters. The molecule has 0 amide bonds. The quantitative estimate of drug-likeness (QED) is 0.112. The van der Waals surface area contributed by atoms with Crippen molar-refractivity contribution in [3.05, 3.63) is 58.6 Å². The van der Waals surface area contributed by atoms with Gasteiger partial charge in [-0.1, -0.05) is 12.1 Å². The van der Waals surface area contributed by atoms with Crippen molar-refractivity contribution in [1.82, 2.24) is 10.6 Å². The van der Waals surface area contributed by atoms with Gasteiger partial charge in [0.25, 0.3) is 5.69 Å². The van der Waals surface area contributed by atoms with Crippen molar-refractivity contribution in [2.75, 3.05) is 45.7 Å². The van der Waals surface area contributed by atoms with Crippen LogP contribution in [0.2, 0.25) is 0 Å². The van der Waals surface area contributed by atoms with Gasteiger partial charge >= 0.3 is 0 Å². The summed E-state index contributed by atoms with van der Waals surface area (Å²) in [6.45, 7) is 2.10. The summed E-state index contributed by atoms with van der Waals surface area (Å²) >= 11 is 0. The third kappa shape index (κ3) is 8.42. The van der Waals surface area contributed by atoms with E-state index in [4.69, 9.17) is 9.47 Å². The number of methoxy groups -OCH3 is 1. The van der Waals surface area contributed by atoms with Crippen LogP contribution in [-0.2, 0) is 0 Å². The van der Waals surface area contributed by atoms with Crippen LogP contribution in [0.1, 0.15) is 0 Å². The maximum absolute atomic E-state index is 11.0. The lowest BCUT2D eigenvalue weighted by molar-refractivity contribution is -0.384. The number of anilines is 1. The highest BCUT2D eigenvalue weighted by atomic mass is 127. The van der Waals surface area contributed by atoms with Gasteiger partial charge in [0, 0.05) is 26.2 Å². The number of hydrogen-bond acceptors (Lipinski definition) is 6. The molecule has 2 rings (SSSR count). The zero-order chi connectivity index (χ0) is 20.2. The first-order valence-electron chi connectivity index (χ1n) is 8.82. The van der Waals surface area contributed by atoms with Crippen molar-refractivity contribution < 1.29 is 14.4 Å². The van der Waals surface area contributed by atoms with E-state index in [1.807, 2.05) is 24.3 Å². The SMILES string of the molecule is CN=C(NCCNc1ccccc1[N+](=O)[O-])NCCOc1ccc(OC)cc1.I. The Morgan fingerprint density at radius 2 is 1.69 bits per heavy atom. The standard InChI is InChI=1S/C19H25N5O4.HI/c1-20-19(23-13-14-28-16-9-7-15(27-2)8-10-16)22-12-11-21-17-5-3-4-6-18(17)24(25)26;/h3-10,21H,11-14H2,1-2H3,(H2,20,22,23);1H. The first-order chi connectivity index (χ1) is 13.6. The van der Waals surface area contributed by atoms with Crippen LogP contribution in [0.15, 0.2) is 53.5 Å². The summed E-state index contributed by atoms with van der Waals surface area (Å²) in [7, 11) is 3.30. The molecule has 0 unspecified atom stereocenters. The normalized spacial score (nSPS) is 10.5. The number of nitro benzene ring substituents is 1. The number of halogens is 1. The molecule has 29 heavy (non-hydrogen) atoms. The van der Waals surface area contributed by atoms with Crippen molar-refractivity contribution in [1.29, 1.82) is 0 Å². The van der Waals surface area contributed by atoms with Crippen LogP contribution in [0, 0.1) is 10.1 Å². The van der Waals surface area contributed by atoms with E-state index in [0.717, 1.165) is 11.5 Å². The Balaban J connectivity index is 0.00000420. The van der Waals surface area contributed by atoms with Gasteiger partial charge < -0.3 is 25.4 Å². The first kappa shape index (κ1) is 24.3. The highest BCUT2D eigenvalue weighted by molar-refractivity contribution is 14.0. The fourth-order valence-corrected chi connectivity index (χ4v) is 2.39. The van der Waals surface area contributed by atoms with Gasteiger partial charge in [-0.05, 0) is 30.3 Å². The molecule has 158 valence electrons. The van der Waals surface area contributed by atoms with Crippen LogP contribution in [0.3, 0.4) is 0 Å². The molecule has 0 radical (unpaired) electrons. The minimum Gasteiger partial charge on any atom is -0.497 e. The van der Waals surface area contributed by atoms with E-state index >= 15 is 0 Å². The third-order valence-corrected chi connectivity index (χ3v) is 3.78. The van der Waals surface area contributed by atoms with E-state index in [1.165, 1.54) is 6.07 Å². The van der Waals surface area contributed by atoms with Gasteiger partial charge in [-0.25, -0.2) is 0 Å². The van der Waals surface area contributed by atoms with Gasteiger partial charge in [0.2, 0.25) is 0 Å². The Labute approximate surface area is 187 Å². The maximum Gasteiger partial charge on any atom is 0.292 e. The summed E-state index contributed by atoms with van der Waals surface area (Å²) in [6, 6.07) is 13.9. The van der Waals surface area contributed by atoms with Crippen LogP contribution in [0.5, 0.6) is 11.5 Å². The lowest BCUT2D eigenvalue weighted by Gasteiger charge is -2.13. The zero-order valence-electron chi connectivity index (χ0n) is 16.4. The van der Waals surface area contributed by atoms with E-state index < -0.39 is 4.92 Å². The summed E-state index contributed by atoms with van der Waals surface area (Å²) in [5, 5.41) is 20.3. The Morgan fingerprint density at radius 1 is 1.03 bits per heavy atom. The van der Waals surface area contributed by atoms with E-state index in [-0.39, 0.29) is 29.7 Å². The molecular weight excluding hydrogens is 489 g/mol. The number of para-hydroxylation sites is 2. The molecule has 0 saturated carbocycles. The molecular formula is C19H26IN5O4. The summed E-state index contributed by atoms with van der Waals surface area (Å²) < 4.78 is 10.7. The molecule has 0 fully saturated rings. The molecule has 0 saturated heterocycles. The number of nitrogens with zero attached hydrogens (tertiary/aromatic N) is 2. The van der Waals surface area contributed by atoms with Crippen LogP contribution < -0.4 is 25.4 Å². The van der Waals surface area contributed by atoms with Crippen molar-refractivity contribution in [3.8, 4) is 11.5 Å². The van der Waals surface area contributed by atoms with Gasteiger partial charge in [0.05, 0.1) is 18.6 Å². The molecule has 0 aliphatic carbocycles. The van der Waals surface area contributed by atoms with Gasteiger partial charge in [0.1, 0.15) is 23.8 Å². The highest BCUT2D eigenvalue weighted by Crippen LogP contribution is 2.22. The lowest BCUT2D eigenvalue weighted by Crippen LogP contribution is -2.41. The van der Waals surface area contributed by atoms with Crippen molar-refractivity contribution >= 4 is 41.3 Å². The second kappa shape index (κ2) is 13.4. The number of guanidine groups is 1. The largest absolute Gasteiger partial charge is 0.497 e. The summed E-state index contributed by atoms with van der Waals surface area (Å²) in [4.78, 5) is 14.7. The fraction of sp³-hybridized carbons (Fsp3) is 0.316. The number of nitrogens with one attached hydrogen (secondary N) is 3. The van der Waals surface area contributed by atoms with Crippen LogP contribution >= 0.6 is 24.0 Å². The van der Waals surface area contributed by atoms with Crippen molar-refractivity contribution in [2.45, 2.75) is 0 Å². The van der Waals surface area contributed by atoms with Crippen LogP contribution in [-0.4, -0.2) is 51.3 Å². The van der Waals surface area contributed by atoms with E-state index in [1.54, 1.807) is 32.4 Å². The monoisotopic (exact) mass is 515 g/mol. The van der Waals surface area contributed by atoms with Gasteiger partial charge in [-0.2, -0.15) is 0 Å². The molecule has 0 heterocycles. The molecule has 10 heteroatoms. The molecule has 0 aliphatic heterocycles. The fourth-order valence-electron chi connectivity index (χ4n) is 2.39. The minimum absolute atomic E-state index is 0.